The van der Waals surface area contributed by atoms with E-state index in [1.165, 1.54) is 96.3 Å². The molecule has 0 saturated heterocycles. The molecule has 0 aliphatic heterocycles. The van der Waals surface area contributed by atoms with E-state index in [0.29, 0.717) is 52.3 Å². The number of unbranched alkanes of at least 4 members (excludes halogenated alkanes) is 15. The fourth-order valence-corrected chi connectivity index (χ4v) is 4.30. The highest BCUT2D eigenvalue weighted by Crippen LogP contribution is 2.14. The van der Waals surface area contributed by atoms with Crippen molar-refractivity contribution in [2.45, 2.75) is 116 Å². The molecule has 0 bridgehead atoms. The van der Waals surface area contributed by atoms with Crippen molar-refractivity contribution < 1.29 is 28.8 Å². The summed E-state index contributed by atoms with van der Waals surface area (Å²) < 4.78 is 28.1. The lowest BCUT2D eigenvalue weighted by Gasteiger charge is -2.18. The van der Waals surface area contributed by atoms with Gasteiger partial charge < -0.3 is 28.8 Å². The van der Waals surface area contributed by atoms with Crippen molar-refractivity contribution in [1.82, 2.24) is 9.97 Å². The second kappa shape index (κ2) is 29.7. The molecule has 8 nitrogen and oxygen atoms in total. The first-order valence-corrected chi connectivity index (χ1v) is 15.7. The van der Waals surface area contributed by atoms with Crippen LogP contribution in [0, 0.1) is 0 Å². The first kappa shape index (κ1) is 35.7. The zero-order chi connectivity index (χ0) is 27.9. The van der Waals surface area contributed by atoms with Gasteiger partial charge in [-0.05, 0) is 12.5 Å². The van der Waals surface area contributed by atoms with Gasteiger partial charge in [-0.15, -0.1) is 0 Å². The van der Waals surface area contributed by atoms with Gasteiger partial charge in [-0.2, -0.15) is 0 Å². The van der Waals surface area contributed by atoms with Crippen LogP contribution in [0.15, 0.2) is 18.5 Å². The molecule has 1 unspecified atom stereocenters. The van der Waals surface area contributed by atoms with E-state index in [1.54, 1.807) is 18.5 Å². The maximum Gasteiger partial charge on any atom is 0.316 e. The third kappa shape index (κ3) is 25.4. The molecule has 1 atom stereocenters. The molecular formula is C31H58N2O6. The normalized spacial score (nSPS) is 12.2. The second-order valence-corrected chi connectivity index (χ2v) is 10.2. The largest absolute Gasteiger partial charge is 0.455 e. The van der Waals surface area contributed by atoms with Crippen LogP contribution in [0.5, 0.6) is 6.01 Å². The summed E-state index contributed by atoms with van der Waals surface area (Å²) in [7, 11) is 0. The molecule has 1 heterocycles. The summed E-state index contributed by atoms with van der Waals surface area (Å²) >= 11 is 0. The average Bonchev–Trinajstić information content (AvgIpc) is 2.96. The summed E-state index contributed by atoms with van der Waals surface area (Å²) in [5, 5.41) is 8.68. The fourth-order valence-electron chi connectivity index (χ4n) is 4.30. The maximum absolute atomic E-state index is 8.68. The molecule has 1 rings (SSSR count). The van der Waals surface area contributed by atoms with Crippen molar-refractivity contribution >= 4 is 0 Å². The number of aliphatic hydroxyl groups is 1. The van der Waals surface area contributed by atoms with E-state index < -0.39 is 0 Å². The van der Waals surface area contributed by atoms with Crippen molar-refractivity contribution in [3.63, 3.8) is 0 Å². The zero-order valence-electron chi connectivity index (χ0n) is 24.9. The SMILES string of the molecule is CCCCCCCCCCCCCCCCCCOCC(COCCOCCOCCO)Oc1ncccn1. The number of rotatable bonds is 31. The van der Waals surface area contributed by atoms with Crippen LogP contribution in [-0.2, 0) is 18.9 Å². The Kier molecular flexibility index (Phi) is 27.2. The van der Waals surface area contributed by atoms with Gasteiger partial charge in [-0.1, -0.05) is 103 Å². The van der Waals surface area contributed by atoms with Gasteiger partial charge in [-0.25, -0.2) is 9.97 Å². The highest BCUT2D eigenvalue weighted by Gasteiger charge is 2.13. The van der Waals surface area contributed by atoms with Crippen molar-refractivity contribution in [3.05, 3.63) is 18.5 Å². The standard InChI is InChI=1S/C31H58N2O6/c1-2-3-4-5-6-7-8-9-10-11-12-13-14-15-16-17-22-37-28-30(39-31-32-19-18-20-33-31)29-38-27-26-36-25-24-35-23-21-34/h18-20,30,34H,2-17,21-29H2,1H3. The van der Waals surface area contributed by atoms with Gasteiger partial charge >= 0.3 is 6.01 Å². The van der Waals surface area contributed by atoms with Crippen LogP contribution in [0.1, 0.15) is 110 Å². The second-order valence-electron chi connectivity index (χ2n) is 10.2. The van der Waals surface area contributed by atoms with Crippen LogP contribution in [0.25, 0.3) is 0 Å². The molecule has 0 aliphatic rings. The van der Waals surface area contributed by atoms with E-state index in [2.05, 4.69) is 16.9 Å². The van der Waals surface area contributed by atoms with Gasteiger partial charge in [0, 0.05) is 19.0 Å². The number of aromatic nitrogens is 2. The highest BCUT2D eigenvalue weighted by molar-refractivity contribution is 4.94. The molecule has 0 radical (unpaired) electrons. The predicted octanol–water partition coefficient (Wildman–Crippen LogP) is 6.54. The summed E-state index contributed by atoms with van der Waals surface area (Å²) in [5.74, 6) is 0. The van der Waals surface area contributed by atoms with E-state index in [1.807, 2.05) is 0 Å². The van der Waals surface area contributed by atoms with Crippen LogP contribution in [0.2, 0.25) is 0 Å². The van der Waals surface area contributed by atoms with E-state index in [0.717, 1.165) is 13.0 Å². The van der Waals surface area contributed by atoms with Crippen molar-refractivity contribution in [2.24, 2.45) is 0 Å². The lowest BCUT2D eigenvalue weighted by Crippen LogP contribution is -2.30. The Morgan fingerprint density at radius 3 is 1.51 bits per heavy atom. The Labute approximate surface area is 238 Å². The number of ether oxygens (including phenoxy) is 5. The summed E-state index contributed by atoms with van der Waals surface area (Å²) in [6, 6.07) is 2.09. The maximum atomic E-state index is 8.68. The van der Waals surface area contributed by atoms with Gasteiger partial charge in [0.25, 0.3) is 0 Å². The predicted molar refractivity (Wildman–Crippen MR) is 156 cm³/mol. The molecule has 1 aromatic heterocycles. The van der Waals surface area contributed by atoms with Gasteiger partial charge in [0.05, 0.1) is 52.9 Å². The molecule has 0 saturated carbocycles. The lowest BCUT2D eigenvalue weighted by molar-refractivity contribution is -0.0316. The Bertz CT molecular complexity index is 596. The quantitative estimate of drug-likeness (QED) is 0.103. The van der Waals surface area contributed by atoms with E-state index in [9.17, 15) is 0 Å². The minimum absolute atomic E-state index is 0.0250. The molecule has 228 valence electrons. The van der Waals surface area contributed by atoms with Crippen LogP contribution in [-0.4, -0.2) is 80.6 Å². The monoisotopic (exact) mass is 554 g/mol. The highest BCUT2D eigenvalue weighted by atomic mass is 16.6. The Morgan fingerprint density at radius 1 is 0.564 bits per heavy atom. The zero-order valence-corrected chi connectivity index (χ0v) is 24.9. The van der Waals surface area contributed by atoms with Crippen molar-refractivity contribution in [3.8, 4) is 6.01 Å². The summed E-state index contributed by atoms with van der Waals surface area (Å²) in [5.41, 5.74) is 0. The molecule has 0 aromatic carbocycles. The average molecular weight is 555 g/mol. The lowest BCUT2D eigenvalue weighted by atomic mass is 10.0. The molecule has 0 fully saturated rings. The molecule has 0 aliphatic carbocycles. The first-order chi connectivity index (χ1) is 19.4. The minimum atomic E-state index is -0.277. The van der Waals surface area contributed by atoms with Crippen LogP contribution in [0.4, 0.5) is 0 Å². The van der Waals surface area contributed by atoms with E-state index in [-0.39, 0.29) is 12.7 Å². The molecule has 1 aromatic rings. The third-order valence-electron chi connectivity index (χ3n) is 6.54. The van der Waals surface area contributed by atoms with E-state index >= 15 is 0 Å². The molecule has 8 heteroatoms. The molecule has 1 N–H and O–H groups in total. The summed E-state index contributed by atoms with van der Waals surface area (Å²) in [6.45, 7) is 6.04. The number of nitrogens with zero attached hydrogens (tertiary/aromatic N) is 2. The number of hydrogen-bond donors (Lipinski definition) is 1. The minimum Gasteiger partial charge on any atom is -0.455 e. The topological polar surface area (TPSA) is 92.2 Å². The first-order valence-electron chi connectivity index (χ1n) is 15.7. The molecule has 39 heavy (non-hydrogen) atoms. The van der Waals surface area contributed by atoms with Crippen molar-refractivity contribution in [1.29, 1.82) is 0 Å². The molecule has 0 spiro atoms. The number of hydrogen-bond acceptors (Lipinski definition) is 8. The van der Waals surface area contributed by atoms with Crippen LogP contribution < -0.4 is 4.74 Å². The Hall–Kier alpha value is -1.32. The van der Waals surface area contributed by atoms with Crippen molar-refractivity contribution in [2.75, 3.05) is 59.5 Å². The van der Waals surface area contributed by atoms with Crippen LogP contribution in [0.3, 0.4) is 0 Å². The number of aliphatic hydroxyl groups excluding tert-OH is 1. The Balaban J connectivity index is 1.98. The van der Waals surface area contributed by atoms with Crippen LogP contribution >= 0.6 is 0 Å². The summed E-state index contributed by atoms with van der Waals surface area (Å²) in [6.07, 6.45) is 24.8. The van der Waals surface area contributed by atoms with Gasteiger partial charge in [0.2, 0.25) is 0 Å². The Morgan fingerprint density at radius 2 is 1.00 bits per heavy atom. The van der Waals surface area contributed by atoms with Gasteiger partial charge in [-0.3, -0.25) is 0 Å². The van der Waals surface area contributed by atoms with Gasteiger partial charge in [0.1, 0.15) is 6.10 Å². The third-order valence-corrected chi connectivity index (χ3v) is 6.54. The summed E-state index contributed by atoms with van der Waals surface area (Å²) in [4.78, 5) is 8.28. The molecular weight excluding hydrogens is 496 g/mol. The smallest absolute Gasteiger partial charge is 0.316 e. The van der Waals surface area contributed by atoms with Gasteiger partial charge in [0.15, 0.2) is 0 Å². The fraction of sp³-hybridized carbons (Fsp3) is 0.871. The van der Waals surface area contributed by atoms with E-state index in [4.69, 9.17) is 28.8 Å². The molecule has 0 amide bonds.